The normalized spacial score (nSPS) is 23.6. The molecule has 1 aromatic rings. The van der Waals surface area contributed by atoms with Crippen molar-refractivity contribution in [3.8, 4) is 0 Å². The first-order valence-electron chi connectivity index (χ1n) is 5.32. The Bertz CT molecular complexity index is 273. The van der Waals surface area contributed by atoms with Gasteiger partial charge in [-0.1, -0.05) is 25.1 Å². The molecule has 1 fully saturated rings. The van der Waals surface area contributed by atoms with Crippen molar-refractivity contribution in [2.24, 2.45) is 5.92 Å². The highest BCUT2D eigenvalue weighted by atomic mass is 32.2. The summed E-state index contributed by atoms with van der Waals surface area (Å²) in [5, 5.41) is 0. The van der Waals surface area contributed by atoms with E-state index in [1.54, 1.807) is 0 Å². The molecule has 1 saturated heterocycles. The third-order valence-electron chi connectivity index (χ3n) is 2.60. The Balaban J connectivity index is 1.91. The first-order valence-corrected chi connectivity index (χ1v) is 6.10. The molecule has 0 N–H and O–H groups in total. The van der Waals surface area contributed by atoms with Crippen LogP contribution in [-0.2, 0) is 0 Å². The van der Waals surface area contributed by atoms with Crippen LogP contribution in [0.4, 0.5) is 0 Å². The largest absolute Gasteiger partial charge is 0.246 e. The number of benzene rings is 1. The van der Waals surface area contributed by atoms with Crippen LogP contribution in [0.3, 0.4) is 0 Å². The maximum atomic E-state index is 2.49. The van der Waals surface area contributed by atoms with E-state index in [4.69, 9.17) is 0 Å². The van der Waals surface area contributed by atoms with Gasteiger partial charge in [0.05, 0.1) is 0 Å². The lowest BCUT2D eigenvalue weighted by molar-refractivity contribution is 0.302. The Hall–Kier alpha value is -0.470. The first kappa shape index (κ1) is 10.1. The summed E-state index contributed by atoms with van der Waals surface area (Å²) >= 11 is 1.90. The van der Waals surface area contributed by atoms with Crippen LogP contribution in [0.25, 0.3) is 0 Å². The molecule has 14 heavy (non-hydrogen) atoms. The lowest BCUT2D eigenvalue weighted by Crippen LogP contribution is -2.28. The molecule has 2 heteroatoms. The van der Waals surface area contributed by atoms with Gasteiger partial charge in [0, 0.05) is 18.0 Å². The molecule has 0 aliphatic carbocycles. The molecule has 1 atom stereocenters. The minimum Gasteiger partial charge on any atom is -0.246 e. The summed E-state index contributed by atoms with van der Waals surface area (Å²) in [4.78, 5) is 1.36. The van der Waals surface area contributed by atoms with Gasteiger partial charge in [-0.3, -0.25) is 0 Å². The Morgan fingerprint density at radius 3 is 2.79 bits per heavy atom. The minimum absolute atomic E-state index is 0.861. The molecule has 1 aliphatic heterocycles. The first-order chi connectivity index (χ1) is 6.84. The van der Waals surface area contributed by atoms with E-state index in [0.29, 0.717) is 0 Å². The standard InChI is InChI=1S/C12H17NS/c1-11-6-5-9-13(10-11)14-12-7-3-2-4-8-12/h2-4,7-8,11H,5-6,9-10H2,1H3. The molecule has 0 amide bonds. The molecule has 0 spiro atoms. The van der Waals surface area contributed by atoms with Gasteiger partial charge in [-0.25, -0.2) is 4.31 Å². The van der Waals surface area contributed by atoms with Crippen molar-refractivity contribution in [1.29, 1.82) is 0 Å². The van der Waals surface area contributed by atoms with Crippen LogP contribution in [0.15, 0.2) is 35.2 Å². The van der Waals surface area contributed by atoms with Crippen molar-refractivity contribution in [2.45, 2.75) is 24.7 Å². The summed E-state index contributed by atoms with van der Waals surface area (Å²) < 4.78 is 2.49. The quantitative estimate of drug-likeness (QED) is 0.684. The van der Waals surface area contributed by atoms with E-state index in [9.17, 15) is 0 Å². The molecule has 1 aromatic carbocycles. The molecular formula is C12H17NS. The van der Waals surface area contributed by atoms with Crippen LogP contribution in [0.2, 0.25) is 0 Å². The highest BCUT2D eigenvalue weighted by Gasteiger charge is 2.16. The molecule has 2 rings (SSSR count). The summed E-state index contributed by atoms with van der Waals surface area (Å²) in [6.45, 7) is 4.82. The van der Waals surface area contributed by atoms with Crippen LogP contribution < -0.4 is 0 Å². The second kappa shape index (κ2) is 4.85. The van der Waals surface area contributed by atoms with Gasteiger partial charge in [-0.2, -0.15) is 0 Å². The molecule has 0 aromatic heterocycles. The monoisotopic (exact) mass is 207 g/mol. The van der Waals surface area contributed by atoms with Crippen molar-refractivity contribution in [3.63, 3.8) is 0 Å². The van der Waals surface area contributed by atoms with Crippen LogP contribution >= 0.6 is 11.9 Å². The van der Waals surface area contributed by atoms with Crippen LogP contribution in [0.1, 0.15) is 19.8 Å². The second-order valence-electron chi connectivity index (χ2n) is 4.04. The fourth-order valence-electron chi connectivity index (χ4n) is 1.86. The molecule has 1 heterocycles. The number of hydrogen-bond donors (Lipinski definition) is 0. The van der Waals surface area contributed by atoms with E-state index in [-0.39, 0.29) is 0 Å². The summed E-state index contributed by atoms with van der Waals surface area (Å²) in [6, 6.07) is 10.7. The predicted octanol–water partition coefficient (Wildman–Crippen LogP) is 3.43. The smallest absolute Gasteiger partial charge is 0.0230 e. The van der Waals surface area contributed by atoms with Gasteiger partial charge in [0.25, 0.3) is 0 Å². The zero-order valence-corrected chi connectivity index (χ0v) is 9.46. The molecule has 1 unspecified atom stereocenters. The molecule has 1 nitrogen and oxygen atoms in total. The summed E-state index contributed by atoms with van der Waals surface area (Å²) in [5.41, 5.74) is 0. The van der Waals surface area contributed by atoms with Gasteiger partial charge in [0.1, 0.15) is 0 Å². The van der Waals surface area contributed by atoms with Gasteiger partial charge >= 0.3 is 0 Å². The predicted molar refractivity (Wildman–Crippen MR) is 62.3 cm³/mol. The number of piperidine rings is 1. The van der Waals surface area contributed by atoms with Crippen molar-refractivity contribution >= 4 is 11.9 Å². The zero-order valence-electron chi connectivity index (χ0n) is 8.65. The number of nitrogens with zero attached hydrogens (tertiary/aromatic N) is 1. The molecular weight excluding hydrogens is 190 g/mol. The van der Waals surface area contributed by atoms with Crippen LogP contribution in [0.5, 0.6) is 0 Å². The molecule has 0 bridgehead atoms. The average molecular weight is 207 g/mol. The lowest BCUT2D eigenvalue weighted by atomic mass is 10.0. The van der Waals surface area contributed by atoms with Crippen LogP contribution in [0, 0.1) is 5.92 Å². The highest BCUT2D eigenvalue weighted by molar-refractivity contribution is 7.97. The average Bonchev–Trinajstić information content (AvgIpc) is 2.19. The van der Waals surface area contributed by atoms with Crippen molar-refractivity contribution in [2.75, 3.05) is 13.1 Å². The SMILES string of the molecule is CC1CCCN(Sc2ccccc2)C1. The second-order valence-corrected chi connectivity index (χ2v) is 5.21. The zero-order chi connectivity index (χ0) is 9.80. The van der Waals surface area contributed by atoms with Crippen LogP contribution in [-0.4, -0.2) is 17.4 Å². The van der Waals surface area contributed by atoms with E-state index < -0.39 is 0 Å². The summed E-state index contributed by atoms with van der Waals surface area (Å²) in [5.74, 6) is 0.861. The summed E-state index contributed by atoms with van der Waals surface area (Å²) in [6.07, 6.45) is 2.74. The minimum atomic E-state index is 0.861. The van der Waals surface area contributed by atoms with Gasteiger partial charge in [0.2, 0.25) is 0 Å². The number of hydrogen-bond acceptors (Lipinski definition) is 2. The molecule has 0 radical (unpaired) electrons. The topological polar surface area (TPSA) is 3.24 Å². The Kier molecular flexibility index (Phi) is 3.49. The van der Waals surface area contributed by atoms with Crippen molar-refractivity contribution < 1.29 is 0 Å². The maximum Gasteiger partial charge on any atom is 0.0230 e. The fourth-order valence-corrected chi connectivity index (χ4v) is 2.99. The Morgan fingerprint density at radius 2 is 2.07 bits per heavy atom. The van der Waals surface area contributed by atoms with E-state index >= 15 is 0 Å². The molecule has 0 saturated carbocycles. The Labute approximate surface area is 90.6 Å². The summed E-state index contributed by atoms with van der Waals surface area (Å²) in [7, 11) is 0. The van der Waals surface area contributed by atoms with E-state index in [0.717, 1.165) is 5.92 Å². The third-order valence-corrected chi connectivity index (χ3v) is 3.67. The fraction of sp³-hybridized carbons (Fsp3) is 0.500. The van der Waals surface area contributed by atoms with Crippen molar-refractivity contribution in [3.05, 3.63) is 30.3 Å². The van der Waals surface area contributed by atoms with E-state index in [1.165, 1.54) is 30.8 Å². The number of rotatable bonds is 2. The molecule has 1 aliphatic rings. The van der Waals surface area contributed by atoms with E-state index in [1.807, 2.05) is 11.9 Å². The maximum absolute atomic E-state index is 2.49. The third kappa shape index (κ3) is 2.76. The van der Waals surface area contributed by atoms with Gasteiger partial charge < -0.3 is 0 Å². The highest BCUT2D eigenvalue weighted by Crippen LogP contribution is 2.27. The Morgan fingerprint density at radius 1 is 1.29 bits per heavy atom. The van der Waals surface area contributed by atoms with Gasteiger partial charge in [0.15, 0.2) is 0 Å². The van der Waals surface area contributed by atoms with Crippen molar-refractivity contribution in [1.82, 2.24) is 4.31 Å². The molecule has 76 valence electrons. The van der Waals surface area contributed by atoms with Gasteiger partial charge in [-0.15, -0.1) is 0 Å². The van der Waals surface area contributed by atoms with Gasteiger partial charge in [-0.05, 0) is 42.8 Å². The van der Waals surface area contributed by atoms with E-state index in [2.05, 4.69) is 41.6 Å². The lowest BCUT2D eigenvalue weighted by Gasteiger charge is -2.29.